The summed E-state index contributed by atoms with van der Waals surface area (Å²) < 4.78 is 5.00. The summed E-state index contributed by atoms with van der Waals surface area (Å²) in [5, 5.41) is 18.4. The van der Waals surface area contributed by atoms with Crippen LogP contribution in [0.2, 0.25) is 0 Å². The predicted octanol–water partition coefficient (Wildman–Crippen LogP) is 3.48. The SMILES string of the molecule is COc1ccc(N=Nc2ncc([N+](=O)[O-])s2)cc1. The van der Waals surface area contributed by atoms with Crippen molar-refractivity contribution >= 4 is 27.2 Å². The zero-order chi connectivity index (χ0) is 13.0. The minimum atomic E-state index is -0.510. The number of rotatable bonds is 4. The van der Waals surface area contributed by atoms with Crippen molar-refractivity contribution in [2.45, 2.75) is 0 Å². The number of benzene rings is 1. The maximum atomic E-state index is 10.4. The lowest BCUT2D eigenvalue weighted by atomic mass is 10.3. The lowest BCUT2D eigenvalue weighted by molar-refractivity contribution is -0.380. The van der Waals surface area contributed by atoms with Gasteiger partial charge in [0.25, 0.3) is 0 Å². The normalized spacial score (nSPS) is 10.7. The third kappa shape index (κ3) is 2.86. The summed E-state index contributed by atoms with van der Waals surface area (Å²) in [7, 11) is 1.57. The van der Waals surface area contributed by atoms with E-state index in [1.54, 1.807) is 31.4 Å². The largest absolute Gasteiger partial charge is 0.497 e. The molecule has 2 rings (SSSR count). The van der Waals surface area contributed by atoms with E-state index >= 15 is 0 Å². The summed E-state index contributed by atoms with van der Waals surface area (Å²) >= 11 is 0.873. The van der Waals surface area contributed by atoms with Gasteiger partial charge >= 0.3 is 5.00 Å². The first-order valence-corrected chi connectivity index (χ1v) is 5.66. The molecule has 0 spiro atoms. The summed E-state index contributed by atoms with van der Waals surface area (Å²) in [6.45, 7) is 0. The Balaban J connectivity index is 2.11. The molecule has 18 heavy (non-hydrogen) atoms. The van der Waals surface area contributed by atoms with Crippen molar-refractivity contribution in [3.05, 3.63) is 40.6 Å². The average Bonchev–Trinajstić information content (AvgIpc) is 2.86. The fraction of sp³-hybridized carbons (Fsp3) is 0.100. The number of azo groups is 1. The first-order valence-electron chi connectivity index (χ1n) is 4.85. The molecule has 0 aliphatic rings. The van der Waals surface area contributed by atoms with Crippen LogP contribution >= 0.6 is 11.3 Å². The highest BCUT2D eigenvalue weighted by Gasteiger charge is 2.10. The maximum Gasteiger partial charge on any atom is 0.345 e. The molecule has 8 heteroatoms. The fourth-order valence-corrected chi connectivity index (χ4v) is 1.69. The van der Waals surface area contributed by atoms with Crippen LogP contribution in [0.15, 0.2) is 40.7 Å². The lowest BCUT2D eigenvalue weighted by Crippen LogP contribution is -1.80. The number of hydrogen-bond acceptors (Lipinski definition) is 7. The average molecular weight is 264 g/mol. The Morgan fingerprint density at radius 1 is 1.33 bits per heavy atom. The van der Waals surface area contributed by atoms with E-state index in [1.165, 1.54) is 0 Å². The molecule has 0 saturated carbocycles. The van der Waals surface area contributed by atoms with Crippen molar-refractivity contribution in [2.75, 3.05) is 7.11 Å². The summed E-state index contributed by atoms with van der Waals surface area (Å²) in [5.41, 5.74) is 0.619. The third-order valence-electron chi connectivity index (χ3n) is 1.98. The quantitative estimate of drug-likeness (QED) is 0.480. The van der Waals surface area contributed by atoms with Crippen LogP contribution in [0.5, 0.6) is 5.75 Å². The van der Waals surface area contributed by atoms with E-state index in [9.17, 15) is 10.1 Å². The highest BCUT2D eigenvalue weighted by molar-refractivity contribution is 7.18. The van der Waals surface area contributed by atoms with E-state index in [0.717, 1.165) is 23.3 Å². The van der Waals surface area contributed by atoms with Gasteiger partial charge in [-0.25, -0.2) is 4.98 Å². The molecule has 0 aliphatic heterocycles. The molecule has 7 nitrogen and oxygen atoms in total. The summed E-state index contributed by atoms with van der Waals surface area (Å²) in [6, 6.07) is 6.95. The van der Waals surface area contributed by atoms with Gasteiger partial charge in [-0.2, -0.15) is 0 Å². The van der Waals surface area contributed by atoms with Crippen LogP contribution in [-0.2, 0) is 0 Å². The van der Waals surface area contributed by atoms with Crippen LogP contribution in [-0.4, -0.2) is 17.0 Å². The van der Waals surface area contributed by atoms with Gasteiger partial charge < -0.3 is 4.74 Å². The van der Waals surface area contributed by atoms with Crippen molar-refractivity contribution in [1.82, 2.24) is 4.98 Å². The lowest BCUT2D eigenvalue weighted by Gasteiger charge is -1.97. The number of methoxy groups -OCH3 is 1. The number of nitro groups is 1. The minimum absolute atomic E-state index is 0.0568. The van der Waals surface area contributed by atoms with Crippen molar-refractivity contribution in [2.24, 2.45) is 10.2 Å². The molecule has 2 aromatic rings. The van der Waals surface area contributed by atoms with Crippen molar-refractivity contribution in [1.29, 1.82) is 0 Å². The van der Waals surface area contributed by atoms with Crippen LogP contribution in [0.25, 0.3) is 0 Å². The predicted molar refractivity (Wildman–Crippen MR) is 65.9 cm³/mol. The second-order valence-corrected chi connectivity index (χ2v) is 4.12. The van der Waals surface area contributed by atoms with Gasteiger partial charge in [-0.05, 0) is 35.6 Å². The molecule has 0 N–H and O–H groups in total. The van der Waals surface area contributed by atoms with Crippen LogP contribution < -0.4 is 4.74 Å². The molecule has 1 aromatic carbocycles. The standard InChI is InChI=1S/C10H8N4O3S/c1-17-8-4-2-7(3-5-8)12-13-10-11-6-9(18-10)14(15)16/h2-6H,1H3. The first kappa shape index (κ1) is 12.1. The van der Waals surface area contributed by atoms with Crippen LogP contribution in [0.1, 0.15) is 0 Å². The number of hydrogen-bond donors (Lipinski definition) is 0. The van der Waals surface area contributed by atoms with Gasteiger partial charge in [0.15, 0.2) is 0 Å². The maximum absolute atomic E-state index is 10.4. The summed E-state index contributed by atoms with van der Waals surface area (Å²) in [4.78, 5) is 13.7. The van der Waals surface area contributed by atoms with Gasteiger partial charge in [0.05, 0.1) is 17.7 Å². The van der Waals surface area contributed by atoms with Gasteiger partial charge in [0.1, 0.15) is 11.9 Å². The van der Waals surface area contributed by atoms with Gasteiger partial charge in [-0.1, -0.05) is 0 Å². The van der Waals surface area contributed by atoms with E-state index in [-0.39, 0.29) is 10.1 Å². The molecule has 0 bridgehead atoms. The molecule has 0 fully saturated rings. The van der Waals surface area contributed by atoms with Gasteiger partial charge in [0, 0.05) is 0 Å². The molecule has 1 aromatic heterocycles. The van der Waals surface area contributed by atoms with Crippen LogP contribution in [0.3, 0.4) is 0 Å². The van der Waals surface area contributed by atoms with E-state index in [4.69, 9.17) is 4.74 Å². The second kappa shape index (κ2) is 5.32. The van der Waals surface area contributed by atoms with Crippen molar-refractivity contribution in [3.63, 3.8) is 0 Å². The topological polar surface area (TPSA) is 90.0 Å². The van der Waals surface area contributed by atoms with Gasteiger partial charge in [0.2, 0.25) is 5.13 Å². The molecule has 1 heterocycles. The molecule has 0 atom stereocenters. The molecule has 0 amide bonds. The van der Waals surface area contributed by atoms with Crippen LogP contribution in [0.4, 0.5) is 15.8 Å². The monoisotopic (exact) mass is 264 g/mol. The zero-order valence-electron chi connectivity index (χ0n) is 9.31. The van der Waals surface area contributed by atoms with Gasteiger partial charge in [-0.3, -0.25) is 10.1 Å². The highest BCUT2D eigenvalue weighted by atomic mass is 32.1. The Labute approximate surface area is 106 Å². The van der Waals surface area contributed by atoms with E-state index < -0.39 is 4.92 Å². The Kier molecular flexibility index (Phi) is 3.58. The Hall–Kier alpha value is -2.35. The zero-order valence-corrected chi connectivity index (χ0v) is 10.1. The van der Waals surface area contributed by atoms with Crippen LogP contribution in [0, 0.1) is 10.1 Å². The smallest absolute Gasteiger partial charge is 0.345 e. The number of ether oxygens (including phenoxy) is 1. The fourth-order valence-electron chi connectivity index (χ4n) is 1.14. The Morgan fingerprint density at radius 2 is 2.06 bits per heavy atom. The molecule has 0 saturated heterocycles. The third-order valence-corrected chi connectivity index (χ3v) is 2.82. The molecule has 0 radical (unpaired) electrons. The van der Waals surface area contributed by atoms with E-state index in [0.29, 0.717) is 5.69 Å². The van der Waals surface area contributed by atoms with E-state index in [1.807, 2.05) is 0 Å². The molecular weight excluding hydrogens is 256 g/mol. The number of nitrogens with zero attached hydrogens (tertiary/aromatic N) is 4. The van der Waals surface area contributed by atoms with Crippen molar-refractivity contribution in [3.8, 4) is 5.75 Å². The van der Waals surface area contributed by atoms with Gasteiger partial charge in [-0.15, -0.1) is 10.2 Å². The van der Waals surface area contributed by atoms with Crippen molar-refractivity contribution < 1.29 is 9.66 Å². The molecule has 0 unspecified atom stereocenters. The summed E-state index contributed by atoms with van der Waals surface area (Å²) in [6.07, 6.45) is 1.16. The number of thiazole rings is 1. The Morgan fingerprint density at radius 3 is 2.61 bits per heavy atom. The molecule has 92 valence electrons. The number of aromatic nitrogens is 1. The minimum Gasteiger partial charge on any atom is -0.497 e. The Bertz CT molecular complexity index is 579. The second-order valence-electron chi connectivity index (χ2n) is 3.14. The highest BCUT2D eigenvalue weighted by Crippen LogP contribution is 2.29. The van der Waals surface area contributed by atoms with E-state index in [2.05, 4.69) is 15.2 Å². The first-order chi connectivity index (χ1) is 8.69. The molecule has 0 aliphatic carbocycles. The molecular formula is C10H8N4O3S. The summed E-state index contributed by atoms with van der Waals surface area (Å²) in [5.74, 6) is 0.721.